The molecule has 0 bridgehead atoms. The fourth-order valence-electron chi connectivity index (χ4n) is 2.25. The van der Waals surface area contributed by atoms with E-state index < -0.39 is 0 Å². The zero-order chi connectivity index (χ0) is 19.1. The Balaban J connectivity index is 1.99. The highest BCUT2D eigenvalue weighted by Crippen LogP contribution is 2.36. The lowest BCUT2D eigenvalue weighted by atomic mass is 10.2. The molecule has 2 rings (SSSR count). The van der Waals surface area contributed by atoms with E-state index in [0.29, 0.717) is 28.5 Å². The van der Waals surface area contributed by atoms with Gasteiger partial charge in [-0.25, -0.2) is 0 Å². The van der Waals surface area contributed by atoms with Crippen LogP contribution in [0.15, 0.2) is 42.5 Å². The number of hydrogen-bond acceptors (Lipinski definition) is 5. The van der Waals surface area contributed by atoms with Crippen molar-refractivity contribution in [2.45, 2.75) is 0 Å². The number of methoxy groups -OCH3 is 2. The van der Waals surface area contributed by atoms with Crippen molar-refractivity contribution in [3.63, 3.8) is 0 Å². The number of hydrogen-bond donors (Lipinski definition) is 1. The van der Waals surface area contributed by atoms with Crippen molar-refractivity contribution in [2.75, 3.05) is 40.2 Å². The minimum Gasteiger partial charge on any atom is -0.493 e. The third kappa shape index (κ3) is 4.66. The zero-order valence-electron chi connectivity index (χ0n) is 15.2. The van der Waals surface area contributed by atoms with E-state index in [9.17, 15) is 9.59 Å². The summed E-state index contributed by atoms with van der Waals surface area (Å²) >= 11 is 0. The summed E-state index contributed by atoms with van der Waals surface area (Å²) in [6.07, 6.45) is 0. The van der Waals surface area contributed by atoms with Gasteiger partial charge in [0.05, 0.1) is 14.2 Å². The number of anilines is 1. The lowest BCUT2D eigenvalue weighted by Crippen LogP contribution is -2.22. The zero-order valence-corrected chi connectivity index (χ0v) is 15.2. The van der Waals surface area contributed by atoms with E-state index in [1.807, 2.05) is 0 Å². The van der Waals surface area contributed by atoms with Crippen molar-refractivity contribution in [3.8, 4) is 17.2 Å². The molecule has 2 aromatic rings. The van der Waals surface area contributed by atoms with E-state index in [0.717, 1.165) is 0 Å². The lowest BCUT2D eigenvalue weighted by Gasteiger charge is -2.14. The first-order chi connectivity index (χ1) is 12.5. The molecule has 1 N–H and O–H groups in total. The Hall–Kier alpha value is -3.22. The summed E-state index contributed by atoms with van der Waals surface area (Å²) in [5.74, 6) is 0.867. The van der Waals surface area contributed by atoms with Gasteiger partial charge in [0.25, 0.3) is 11.8 Å². The molecule has 26 heavy (non-hydrogen) atoms. The minimum absolute atomic E-state index is 0.102. The number of para-hydroxylation sites is 1. The van der Waals surface area contributed by atoms with Crippen LogP contribution in [0.2, 0.25) is 0 Å². The Morgan fingerprint density at radius 3 is 2.04 bits per heavy atom. The van der Waals surface area contributed by atoms with Crippen LogP contribution in [0.4, 0.5) is 5.69 Å². The molecule has 0 saturated carbocycles. The summed E-state index contributed by atoms with van der Waals surface area (Å²) in [6.45, 7) is -0.213. The smallest absolute Gasteiger partial charge is 0.262 e. The molecule has 0 unspecified atom stereocenters. The van der Waals surface area contributed by atoms with E-state index in [4.69, 9.17) is 14.2 Å². The molecular formula is C19H22N2O5. The summed E-state index contributed by atoms with van der Waals surface area (Å²) in [5.41, 5.74) is 1.11. The number of carbonyl (C=O) groups is 2. The third-order valence-electron chi connectivity index (χ3n) is 3.55. The Morgan fingerprint density at radius 1 is 0.962 bits per heavy atom. The summed E-state index contributed by atoms with van der Waals surface area (Å²) in [7, 11) is 6.39. The molecular weight excluding hydrogens is 336 g/mol. The number of amides is 2. The SMILES string of the molecule is COc1cccc(OC)c1OCC(=O)Nc1ccc(C(=O)N(C)C)cc1. The Labute approximate surface area is 152 Å². The molecule has 7 heteroatoms. The normalized spacial score (nSPS) is 10.0. The number of nitrogens with zero attached hydrogens (tertiary/aromatic N) is 1. The number of benzene rings is 2. The minimum atomic E-state index is -0.343. The molecule has 0 atom stereocenters. The van der Waals surface area contributed by atoms with E-state index in [-0.39, 0.29) is 18.4 Å². The summed E-state index contributed by atoms with van der Waals surface area (Å²) in [5, 5.41) is 2.71. The average Bonchev–Trinajstić information content (AvgIpc) is 2.65. The Morgan fingerprint density at radius 2 is 1.54 bits per heavy atom. The maximum absolute atomic E-state index is 12.1. The predicted molar refractivity (Wildman–Crippen MR) is 98.1 cm³/mol. The molecule has 0 aliphatic heterocycles. The first-order valence-electron chi connectivity index (χ1n) is 7.91. The summed E-state index contributed by atoms with van der Waals surface area (Å²) in [4.78, 5) is 25.5. The highest BCUT2D eigenvalue weighted by atomic mass is 16.5. The second-order valence-electron chi connectivity index (χ2n) is 5.61. The lowest BCUT2D eigenvalue weighted by molar-refractivity contribution is -0.118. The van der Waals surface area contributed by atoms with Gasteiger partial charge in [-0.05, 0) is 36.4 Å². The van der Waals surface area contributed by atoms with Gasteiger partial charge in [0, 0.05) is 25.3 Å². The monoisotopic (exact) mass is 358 g/mol. The maximum atomic E-state index is 12.1. The molecule has 0 radical (unpaired) electrons. The van der Waals surface area contributed by atoms with Crippen LogP contribution >= 0.6 is 0 Å². The largest absolute Gasteiger partial charge is 0.493 e. The second kappa shape index (κ2) is 8.75. The Kier molecular flexibility index (Phi) is 6.43. The van der Waals surface area contributed by atoms with E-state index in [1.165, 1.54) is 19.1 Å². The quantitative estimate of drug-likeness (QED) is 0.823. The van der Waals surface area contributed by atoms with Crippen LogP contribution in [0.3, 0.4) is 0 Å². The van der Waals surface area contributed by atoms with Crippen molar-refractivity contribution < 1.29 is 23.8 Å². The van der Waals surface area contributed by atoms with Crippen LogP contribution in [0.1, 0.15) is 10.4 Å². The molecule has 2 amide bonds. The van der Waals surface area contributed by atoms with Crippen molar-refractivity contribution in [1.29, 1.82) is 0 Å². The number of ether oxygens (including phenoxy) is 3. The van der Waals surface area contributed by atoms with Crippen LogP contribution in [0.25, 0.3) is 0 Å². The van der Waals surface area contributed by atoms with Crippen LogP contribution < -0.4 is 19.5 Å². The van der Waals surface area contributed by atoms with Gasteiger partial charge >= 0.3 is 0 Å². The number of carbonyl (C=O) groups excluding carboxylic acids is 2. The second-order valence-corrected chi connectivity index (χ2v) is 5.61. The molecule has 138 valence electrons. The standard InChI is InChI=1S/C19H22N2O5/c1-21(2)19(23)13-8-10-14(11-9-13)20-17(22)12-26-18-15(24-3)6-5-7-16(18)25-4/h5-11H,12H2,1-4H3,(H,20,22). The van der Waals surface area contributed by atoms with Crippen LogP contribution in [-0.2, 0) is 4.79 Å². The van der Waals surface area contributed by atoms with Gasteiger partial charge in [-0.3, -0.25) is 9.59 Å². The highest BCUT2D eigenvalue weighted by molar-refractivity contribution is 5.95. The average molecular weight is 358 g/mol. The molecule has 0 aliphatic carbocycles. The first-order valence-corrected chi connectivity index (χ1v) is 7.91. The van der Waals surface area contributed by atoms with Crippen LogP contribution in [0.5, 0.6) is 17.2 Å². The fourth-order valence-corrected chi connectivity index (χ4v) is 2.25. The molecule has 7 nitrogen and oxygen atoms in total. The number of rotatable bonds is 7. The van der Waals surface area contributed by atoms with Crippen molar-refractivity contribution in [2.24, 2.45) is 0 Å². The van der Waals surface area contributed by atoms with Gasteiger partial charge in [-0.2, -0.15) is 0 Å². The maximum Gasteiger partial charge on any atom is 0.262 e. The van der Waals surface area contributed by atoms with Gasteiger partial charge in [0.15, 0.2) is 18.1 Å². The molecule has 2 aromatic carbocycles. The van der Waals surface area contributed by atoms with E-state index in [2.05, 4.69) is 5.32 Å². The Bertz CT molecular complexity index is 750. The van der Waals surface area contributed by atoms with Crippen molar-refractivity contribution >= 4 is 17.5 Å². The van der Waals surface area contributed by atoms with Gasteiger partial charge in [-0.1, -0.05) is 6.07 Å². The highest BCUT2D eigenvalue weighted by Gasteiger charge is 2.13. The molecule has 0 aromatic heterocycles. The van der Waals surface area contributed by atoms with Gasteiger partial charge < -0.3 is 24.4 Å². The summed E-state index contributed by atoms with van der Waals surface area (Å²) in [6, 6.07) is 11.8. The molecule has 0 aliphatic rings. The van der Waals surface area contributed by atoms with E-state index >= 15 is 0 Å². The van der Waals surface area contributed by atoms with Crippen LogP contribution in [-0.4, -0.2) is 51.6 Å². The fraction of sp³-hybridized carbons (Fsp3) is 0.263. The van der Waals surface area contributed by atoms with Crippen molar-refractivity contribution in [1.82, 2.24) is 4.90 Å². The summed E-state index contributed by atoms with van der Waals surface area (Å²) < 4.78 is 16.0. The van der Waals surface area contributed by atoms with Crippen LogP contribution in [0, 0.1) is 0 Å². The van der Waals surface area contributed by atoms with Crippen molar-refractivity contribution in [3.05, 3.63) is 48.0 Å². The molecule has 0 spiro atoms. The van der Waals surface area contributed by atoms with Gasteiger partial charge in [0.2, 0.25) is 5.75 Å². The predicted octanol–water partition coefficient (Wildman–Crippen LogP) is 2.42. The molecule has 0 heterocycles. The third-order valence-corrected chi connectivity index (χ3v) is 3.55. The van der Waals surface area contributed by atoms with Gasteiger partial charge in [-0.15, -0.1) is 0 Å². The molecule has 0 saturated heterocycles. The van der Waals surface area contributed by atoms with E-state index in [1.54, 1.807) is 56.6 Å². The molecule has 0 fully saturated rings. The topological polar surface area (TPSA) is 77.1 Å². The van der Waals surface area contributed by atoms with Gasteiger partial charge in [0.1, 0.15) is 0 Å². The number of nitrogens with one attached hydrogen (secondary N) is 1. The first kappa shape index (κ1) is 19.1.